The van der Waals surface area contributed by atoms with Gasteiger partial charge < -0.3 is 15.1 Å². The average molecular weight is 299 g/mol. The van der Waals surface area contributed by atoms with Gasteiger partial charge in [0.25, 0.3) is 0 Å². The van der Waals surface area contributed by atoms with Crippen molar-refractivity contribution >= 4 is 5.95 Å². The molecule has 116 valence electrons. The molecule has 1 aromatic carbocycles. The zero-order valence-electron chi connectivity index (χ0n) is 12.7. The molecule has 0 spiro atoms. The summed E-state index contributed by atoms with van der Waals surface area (Å²) < 4.78 is 0. The van der Waals surface area contributed by atoms with E-state index in [4.69, 9.17) is 0 Å². The highest BCUT2D eigenvalue weighted by atomic mass is 16.3. The molecule has 1 unspecified atom stereocenters. The van der Waals surface area contributed by atoms with Crippen LogP contribution in [0.4, 0.5) is 5.95 Å². The molecule has 0 aliphatic carbocycles. The van der Waals surface area contributed by atoms with E-state index < -0.39 is 6.10 Å². The number of hydrogen-bond acceptors (Lipinski definition) is 5. The third-order valence-electron chi connectivity index (χ3n) is 4.02. The lowest BCUT2D eigenvalue weighted by Gasteiger charge is -2.29. The van der Waals surface area contributed by atoms with Crippen LogP contribution in [-0.4, -0.2) is 39.4 Å². The number of piperidine rings is 1. The van der Waals surface area contributed by atoms with Gasteiger partial charge in [-0.05, 0) is 37.0 Å². The molecule has 22 heavy (non-hydrogen) atoms. The zero-order chi connectivity index (χ0) is 15.5. The molecule has 5 heteroatoms. The molecule has 3 rings (SSSR count). The van der Waals surface area contributed by atoms with Gasteiger partial charge in [0.05, 0.1) is 12.2 Å². The maximum absolute atomic E-state index is 9.74. The molecule has 2 atom stereocenters. The minimum Gasteiger partial charge on any atom is -0.391 e. The van der Waals surface area contributed by atoms with Crippen LogP contribution in [0.2, 0.25) is 0 Å². The highest BCUT2D eigenvalue weighted by Gasteiger charge is 2.19. The van der Waals surface area contributed by atoms with Crippen molar-refractivity contribution in [3.8, 4) is 11.1 Å². The highest BCUT2D eigenvalue weighted by Crippen LogP contribution is 2.23. The van der Waals surface area contributed by atoms with Gasteiger partial charge in [-0.3, -0.25) is 0 Å². The number of aliphatic hydroxyl groups is 2. The smallest absolute Gasteiger partial charge is 0.225 e. The Kier molecular flexibility index (Phi) is 4.36. The summed E-state index contributed by atoms with van der Waals surface area (Å²) in [6, 6.07) is 7.76. The van der Waals surface area contributed by atoms with Gasteiger partial charge in [-0.25, -0.2) is 9.97 Å². The SMILES string of the molecule is C[C@H](O)c1cccc(-c2cnc(N3CCCC(O)C3)nc2)c1. The van der Waals surface area contributed by atoms with Gasteiger partial charge in [-0.15, -0.1) is 0 Å². The number of aliphatic hydroxyl groups excluding tert-OH is 2. The van der Waals surface area contributed by atoms with E-state index in [-0.39, 0.29) is 6.10 Å². The van der Waals surface area contributed by atoms with Gasteiger partial charge in [-0.1, -0.05) is 18.2 Å². The fourth-order valence-electron chi connectivity index (χ4n) is 2.75. The number of β-amino-alcohol motifs (C(OH)–C–C–N with tert-alkyl or cyclic N) is 1. The number of benzene rings is 1. The molecule has 0 saturated carbocycles. The minimum atomic E-state index is -0.491. The molecule has 5 nitrogen and oxygen atoms in total. The van der Waals surface area contributed by atoms with Gasteiger partial charge in [0.1, 0.15) is 0 Å². The summed E-state index contributed by atoms with van der Waals surface area (Å²) >= 11 is 0. The van der Waals surface area contributed by atoms with E-state index >= 15 is 0 Å². The number of rotatable bonds is 3. The Morgan fingerprint density at radius 3 is 2.68 bits per heavy atom. The summed E-state index contributed by atoms with van der Waals surface area (Å²) in [5.74, 6) is 0.661. The third-order valence-corrected chi connectivity index (χ3v) is 4.02. The summed E-state index contributed by atoms with van der Waals surface area (Å²) in [6.45, 7) is 3.23. The summed E-state index contributed by atoms with van der Waals surface area (Å²) in [5.41, 5.74) is 2.79. The van der Waals surface area contributed by atoms with Crippen LogP contribution >= 0.6 is 0 Å². The van der Waals surface area contributed by atoms with Crippen molar-refractivity contribution in [3.05, 3.63) is 42.2 Å². The molecule has 0 radical (unpaired) electrons. The Balaban J connectivity index is 1.80. The van der Waals surface area contributed by atoms with E-state index in [0.717, 1.165) is 36.1 Å². The van der Waals surface area contributed by atoms with Gasteiger partial charge >= 0.3 is 0 Å². The first kappa shape index (κ1) is 14.9. The summed E-state index contributed by atoms with van der Waals surface area (Å²) in [4.78, 5) is 10.9. The summed E-state index contributed by atoms with van der Waals surface area (Å²) in [5, 5.41) is 19.4. The summed E-state index contributed by atoms with van der Waals surface area (Å²) in [7, 11) is 0. The number of hydrogen-bond donors (Lipinski definition) is 2. The van der Waals surface area contributed by atoms with E-state index in [9.17, 15) is 10.2 Å². The number of anilines is 1. The van der Waals surface area contributed by atoms with Crippen LogP contribution in [0.3, 0.4) is 0 Å². The second kappa shape index (κ2) is 6.42. The molecular formula is C17H21N3O2. The molecule has 0 bridgehead atoms. The van der Waals surface area contributed by atoms with Crippen LogP contribution in [0.1, 0.15) is 31.4 Å². The van der Waals surface area contributed by atoms with Crippen molar-refractivity contribution in [3.63, 3.8) is 0 Å². The first-order chi connectivity index (χ1) is 10.6. The van der Waals surface area contributed by atoms with Crippen molar-refractivity contribution in [2.45, 2.75) is 32.0 Å². The Morgan fingerprint density at radius 1 is 1.23 bits per heavy atom. The van der Waals surface area contributed by atoms with Crippen molar-refractivity contribution < 1.29 is 10.2 Å². The monoisotopic (exact) mass is 299 g/mol. The first-order valence-corrected chi connectivity index (χ1v) is 7.67. The second-order valence-corrected chi connectivity index (χ2v) is 5.82. The molecule has 0 amide bonds. The van der Waals surface area contributed by atoms with Gasteiger partial charge in [-0.2, -0.15) is 0 Å². The molecule has 1 aromatic heterocycles. The van der Waals surface area contributed by atoms with E-state index in [0.29, 0.717) is 12.5 Å². The predicted octanol–water partition coefficient (Wildman–Crippen LogP) is 2.16. The standard InChI is InChI=1S/C17H21N3O2/c1-12(21)13-4-2-5-14(8-13)15-9-18-17(19-10-15)20-7-3-6-16(22)11-20/h2,4-5,8-10,12,16,21-22H,3,6-7,11H2,1H3/t12-,16?/m0/s1. The van der Waals surface area contributed by atoms with Crippen LogP contribution in [0.5, 0.6) is 0 Å². The number of aromatic nitrogens is 2. The lowest BCUT2D eigenvalue weighted by molar-refractivity contribution is 0.153. The van der Waals surface area contributed by atoms with E-state index in [1.165, 1.54) is 0 Å². The Bertz CT molecular complexity index is 628. The quantitative estimate of drug-likeness (QED) is 0.909. The van der Waals surface area contributed by atoms with Crippen molar-refractivity contribution in [2.24, 2.45) is 0 Å². The lowest BCUT2D eigenvalue weighted by atomic mass is 10.0. The maximum Gasteiger partial charge on any atom is 0.225 e. The van der Waals surface area contributed by atoms with Crippen LogP contribution in [-0.2, 0) is 0 Å². The van der Waals surface area contributed by atoms with Crippen LogP contribution in [0, 0.1) is 0 Å². The maximum atomic E-state index is 9.74. The topological polar surface area (TPSA) is 69.5 Å². The molecular weight excluding hydrogens is 278 g/mol. The fourth-order valence-corrected chi connectivity index (χ4v) is 2.75. The average Bonchev–Trinajstić information content (AvgIpc) is 2.55. The normalized spacial score (nSPS) is 20.0. The van der Waals surface area contributed by atoms with E-state index in [1.54, 1.807) is 19.3 Å². The van der Waals surface area contributed by atoms with Crippen LogP contribution in [0.15, 0.2) is 36.7 Å². The molecule has 2 aromatic rings. The van der Waals surface area contributed by atoms with Crippen molar-refractivity contribution in [1.29, 1.82) is 0 Å². The molecule has 1 saturated heterocycles. The summed E-state index contributed by atoms with van der Waals surface area (Å²) in [6.07, 6.45) is 4.62. The molecule has 1 fully saturated rings. The number of nitrogens with zero attached hydrogens (tertiary/aromatic N) is 3. The highest BCUT2D eigenvalue weighted by molar-refractivity contribution is 5.63. The third kappa shape index (κ3) is 3.26. The van der Waals surface area contributed by atoms with Gasteiger partial charge in [0.15, 0.2) is 0 Å². The predicted molar refractivity (Wildman–Crippen MR) is 85.6 cm³/mol. The Morgan fingerprint density at radius 2 is 2.00 bits per heavy atom. The fraction of sp³-hybridized carbons (Fsp3) is 0.412. The molecule has 2 heterocycles. The Hall–Kier alpha value is -1.98. The lowest BCUT2D eigenvalue weighted by Crippen LogP contribution is -2.39. The van der Waals surface area contributed by atoms with Crippen LogP contribution in [0.25, 0.3) is 11.1 Å². The van der Waals surface area contributed by atoms with Gasteiger partial charge in [0.2, 0.25) is 5.95 Å². The first-order valence-electron chi connectivity index (χ1n) is 7.67. The zero-order valence-corrected chi connectivity index (χ0v) is 12.7. The molecule has 1 aliphatic rings. The van der Waals surface area contributed by atoms with Crippen LogP contribution < -0.4 is 4.90 Å². The van der Waals surface area contributed by atoms with E-state index in [1.807, 2.05) is 29.2 Å². The minimum absolute atomic E-state index is 0.292. The molecule has 1 aliphatic heterocycles. The van der Waals surface area contributed by atoms with Crippen molar-refractivity contribution in [2.75, 3.05) is 18.0 Å². The Labute approximate surface area is 130 Å². The largest absolute Gasteiger partial charge is 0.391 e. The second-order valence-electron chi connectivity index (χ2n) is 5.82. The van der Waals surface area contributed by atoms with Crippen molar-refractivity contribution in [1.82, 2.24) is 9.97 Å². The van der Waals surface area contributed by atoms with Gasteiger partial charge in [0, 0.05) is 31.0 Å². The van der Waals surface area contributed by atoms with E-state index in [2.05, 4.69) is 9.97 Å². The molecule has 2 N–H and O–H groups in total.